The Bertz CT molecular complexity index is 387. The molecule has 0 spiro atoms. The lowest BCUT2D eigenvalue weighted by Gasteiger charge is -2.16. The Morgan fingerprint density at radius 2 is 1.93 bits per heavy atom. The van der Waals surface area contributed by atoms with E-state index in [1.54, 1.807) is 4.68 Å². The van der Waals surface area contributed by atoms with Gasteiger partial charge in [0.25, 0.3) is 5.56 Å². The maximum absolute atomic E-state index is 11.9. The highest BCUT2D eigenvalue weighted by Crippen LogP contribution is 2.13. The van der Waals surface area contributed by atoms with E-state index in [0.29, 0.717) is 5.69 Å². The first-order chi connectivity index (χ1) is 7.04. The van der Waals surface area contributed by atoms with Crippen LogP contribution < -0.4 is 11.3 Å². The Kier molecular flexibility index (Phi) is 3.61. The molecule has 0 bridgehead atoms. The molecule has 0 saturated carbocycles. The average molecular weight is 211 g/mol. The molecule has 0 fully saturated rings. The van der Waals surface area contributed by atoms with Crippen LogP contribution >= 0.6 is 0 Å². The average Bonchev–Trinajstić information content (AvgIpc) is 2.40. The van der Waals surface area contributed by atoms with E-state index in [1.807, 2.05) is 25.5 Å². The molecule has 4 heteroatoms. The number of nitrogens with two attached hydrogens (primary N) is 1. The van der Waals surface area contributed by atoms with Crippen molar-refractivity contribution in [1.82, 2.24) is 9.36 Å². The largest absolute Gasteiger partial charge is 0.393 e. The standard InChI is InChI=1S/C11H21N3O/c1-5-7-13-9(6-2)10(12)11(15)14(13)8(3)4/h8H,5-7,12H2,1-4H3. The fraction of sp³-hybridized carbons (Fsp3) is 0.727. The highest BCUT2D eigenvalue weighted by atomic mass is 16.1. The minimum Gasteiger partial charge on any atom is -0.393 e. The molecular weight excluding hydrogens is 190 g/mol. The van der Waals surface area contributed by atoms with Gasteiger partial charge < -0.3 is 5.73 Å². The number of nitrogen functional groups attached to an aromatic ring is 1. The van der Waals surface area contributed by atoms with Gasteiger partial charge in [0.05, 0.1) is 5.69 Å². The summed E-state index contributed by atoms with van der Waals surface area (Å²) in [6, 6.07) is 0.159. The Morgan fingerprint density at radius 3 is 2.33 bits per heavy atom. The van der Waals surface area contributed by atoms with Crippen molar-refractivity contribution in [3.05, 3.63) is 16.0 Å². The topological polar surface area (TPSA) is 52.9 Å². The first-order valence-electron chi connectivity index (χ1n) is 5.64. The molecule has 2 N–H and O–H groups in total. The van der Waals surface area contributed by atoms with Gasteiger partial charge in [0.15, 0.2) is 0 Å². The molecule has 0 aromatic carbocycles. The molecule has 1 rings (SSSR count). The van der Waals surface area contributed by atoms with E-state index >= 15 is 0 Å². The smallest absolute Gasteiger partial charge is 0.290 e. The quantitative estimate of drug-likeness (QED) is 0.825. The molecule has 0 aliphatic rings. The molecule has 0 unspecified atom stereocenters. The molecule has 1 aromatic heterocycles. The van der Waals surface area contributed by atoms with Gasteiger partial charge in [-0.05, 0) is 26.7 Å². The molecule has 15 heavy (non-hydrogen) atoms. The van der Waals surface area contributed by atoms with Crippen molar-refractivity contribution in [3.8, 4) is 0 Å². The normalized spacial score (nSPS) is 11.3. The van der Waals surface area contributed by atoms with Gasteiger partial charge in [-0.25, -0.2) is 4.68 Å². The van der Waals surface area contributed by atoms with E-state index in [0.717, 1.165) is 25.1 Å². The molecule has 0 aliphatic heterocycles. The monoisotopic (exact) mass is 211 g/mol. The van der Waals surface area contributed by atoms with Crippen LogP contribution in [0, 0.1) is 0 Å². The second kappa shape index (κ2) is 4.55. The van der Waals surface area contributed by atoms with Crippen molar-refractivity contribution < 1.29 is 0 Å². The molecule has 1 aromatic rings. The van der Waals surface area contributed by atoms with E-state index in [-0.39, 0.29) is 11.6 Å². The second-order valence-corrected chi connectivity index (χ2v) is 4.08. The summed E-state index contributed by atoms with van der Waals surface area (Å²) in [5.74, 6) is 0. The molecule has 0 amide bonds. The Labute approximate surface area is 90.7 Å². The van der Waals surface area contributed by atoms with Crippen LogP contribution in [0.3, 0.4) is 0 Å². The van der Waals surface area contributed by atoms with Gasteiger partial charge in [0, 0.05) is 12.6 Å². The van der Waals surface area contributed by atoms with Crippen LogP contribution in [0.25, 0.3) is 0 Å². The first-order valence-corrected chi connectivity index (χ1v) is 5.64. The Morgan fingerprint density at radius 1 is 1.33 bits per heavy atom. The second-order valence-electron chi connectivity index (χ2n) is 4.08. The van der Waals surface area contributed by atoms with Gasteiger partial charge in [-0.2, -0.15) is 0 Å². The summed E-state index contributed by atoms with van der Waals surface area (Å²) in [5.41, 5.74) is 7.17. The van der Waals surface area contributed by atoms with Crippen molar-refractivity contribution in [2.75, 3.05) is 5.73 Å². The summed E-state index contributed by atoms with van der Waals surface area (Å²) >= 11 is 0. The highest BCUT2D eigenvalue weighted by molar-refractivity contribution is 5.41. The number of rotatable bonds is 4. The van der Waals surface area contributed by atoms with Gasteiger partial charge in [-0.15, -0.1) is 0 Å². The highest BCUT2D eigenvalue weighted by Gasteiger charge is 2.17. The molecule has 0 radical (unpaired) electrons. The molecule has 86 valence electrons. The first kappa shape index (κ1) is 11.9. The number of hydrogen-bond acceptors (Lipinski definition) is 2. The zero-order valence-corrected chi connectivity index (χ0v) is 10.1. The lowest BCUT2D eigenvalue weighted by atomic mass is 10.3. The van der Waals surface area contributed by atoms with Crippen molar-refractivity contribution in [3.63, 3.8) is 0 Å². The molecule has 0 atom stereocenters. The molecule has 0 saturated heterocycles. The van der Waals surface area contributed by atoms with Crippen LogP contribution in [0.4, 0.5) is 5.69 Å². The predicted octanol–water partition coefficient (Wildman–Crippen LogP) is 1.79. The fourth-order valence-electron chi connectivity index (χ4n) is 1.97. The van der Waals surface area contributed by atoms with Gasteiger partial charge >= 0.3 is 0 Å². The van der Waals surface area contributed by atoms with Gasteiger partial charge in [0.2, 0.25) is 0 Å². The van der Waals surface area contributed by atoms with Crippen LogP contribution in [0.15, 0.2) is 4.79 Å². The van der Waals surface area contributed by atoms with Crippen molar-refractivity contribution in [2.45, 2.75) is 53.1 Å². The lowest BCUT2D eigenvalue weighted by molar-refractivity contribution is 0.387. The van der Waals surface area contributed by atoms with Crippen LogP contribution in [0.2, 0.25) is 0 Å². The van der Waals surface area contributed by atoms with Crippen LogP contribution in [-0.4, -0.2) is 9.36 Å². The molecular formula is C11H21N3O. The summed E-state index contributed by atoms with van der Waals surface area (Å²) in [4.78, 5) is 11.9. The number of aromatic nitrogens is 2. The van der Waals surface area contributed by atoms with E-state index in [2.05, 4.69) is 6.92 Å². The van der Waals surface area contributed by atoms with E-state index < -0.39 is 0 Å². The van der Waals surface area contributed by atoms with E-state index in [1.165, 1.54) is 0 Å². The third-order valence-electron chi connectivity index (χ3n) is 2.58. The lowest BCUT2D eigenvalue weighted by Crippen LogP contribution is -2.26. The van der Waals surface area contributed by atoms with Crippen LogP contribution in [0.1, 0.15) is 45.9 Å². The third-order valence-corrected chi connectivity index (χ3v) is 2.58. The molecule has 1 heterocycles. The summed E-state index contributed by atoms with van der Waals surface area (Å²) in [5, 5.41) is 0. The van der Waals surface area contributed by atoms with Crippen LogP contribution in [0.5, 0.6) is 0 Å². The fourth-order valence-corrected chi connectivity index (χ4v) is 1.97. The third kappa shape index (κ3) is 1.94. The minimum absolute atomic E-state index is 0.0460. The van der Waals surface area contributed by atoms with Gasteiger partial charge in [0.1, 0.15) is 5.69 Å². The SMILES string of the molecule is CCCn1c(CC)c(N)c(=O)n1C(C)C. The van der Waals surface area contributed by atoms with Gasteiger partial charge in [-0.1, -0.05) is 13.8 Å². The van der Waals surface area contributed by atoms with Crippen LogP contribution in [-0.2, 0) is 13.0 Å². The molecule has 4 nitrogen and oxygen atoms in total. The van der Waals surface area contributed by atoms with E-state index in [9.17, 15) is 4.79 Å². The Hall–Kier alpha value is -1.19. The maximum Gasteiger partial charge on any atom is 0.290 e. The zero-order chi connectivity index (χ0) is 11.6. The van der Waals surface area contributed by atoms with E-state index in [4.69, 9.17) is 5.73 Å². The summed E-state index contributed by atoms with van der Waals surface area (Å²) < 4.78 is 3.79. The summed E-state index contributed by atoms with van der Waals surface area (Å²) in [7, 11) is 0. The van der Waals surface area contributed by atoms with Crippen molar-refractivity contribution in [1.29, 1.82) is 0 Å². The van der Waals surface area contributed by atoms with Crippen molar-refractivity contribution in [2.24, 2.45) is 0 Å². The maximum atomic E-state index is 11.9. The minimum atomic E-state index is -0.0460. The number of anilines is 1. The zero-order valence-electron chi connectivity index (χ0n) is 10.1. The summed E-state index contributed by atoms with van der Waals surface area (Å²) in [6.45, 7) is 9.00. The Balaban J connectivity index is 3.41. The predicted molar refractivity (Wildman–Crippen MR) is 63.2 cm³/mol. The summed E-state index contributed by atoms with van der Waals surface area (Å²) in [6.07, 6.45) is 1.81. The van der Waals surface area contributed by atoms with Crippen molar-refractivity contribution >= 4 is 5.69 Å². The number of hydrogen-bond donors (Lipinski definition) is 1. The van der Waals surface area contributed by atoms with Gasteiger partial charge in [-0.3, -0.25) is 9.48 Å². The molecule has 0 aliphatic carbocycles. The number of nitrogens with zero attached hydrogens (tertiary/aromatic N) is 2.